The van der Waals surface area contributed by atoms with Gasteiger partial charge in [-0.3, -0.25) is 0 Å². The molecular formula is C13H11BrN4O. The van der Waals surface area contributed by atoms with Crippen molar-refractivity contribution in [1.82, 2.24) is 9.61 Å². The van der Waals surface area contributed by atoms with Crippen LogP contribution in [0.1, 0.15) is 19.4 Å². The molecule has 0 bridgehead atoms. The number of rotatable bonds is 3. The zero-order valence-electron chi connectivity index (χ0n) is 10.5. The summed E-state index contributed by atoms with van der Waals surface area (Å²) in [5.74, 6) is 0.593. The minimum absolute atomic E-state index is 0.286. The Balaban J connectivity index is 2.33. The summed E-state index contributed by atoms with van der Waals surface area (Å²) in [4.78, 5) is 0. The molecule has 0 radical (unpaired) electrons. The average Bonchev–Trinajstić information content (AvgIpc) is 2.80. The van der Waals surface area contributed by atoms with Crippen molar-refractivity contribution in [3.05, 3.63) is 28.5 Å². The second-order valence-corrected chi connectivity index (χ2v) is 5.63. The number of hydrogen-bond donors (Lipinski definition) is 0. The third kappa shape index (κ3) is 2.69. The van der Waals surface area contributed by atoms with Crippen LogP contribution in [0, 0.1) is 28.1 Å². The maximum absolute atomic E-state index is 8.97. The predicted octanol–water partition coefficient (Wildman–Crippen LogP) is 2.90. The molecule has 96 valence electrons. The number of nitriles is 2. The summed E-state index contributed by atoms with van der Waals surface area (Å²) in [5.41, 5.74) is 0.647. The highest BCUT2D eigenvalue weighted by atomic mass is 79.9. The van der Waals surface area contributed by atoms with Crippen LogP contribution in [0.15, 0.2) is 22.9 Å². The van der Waals surface area contributed by atoms with Gasteiger partial charge in [-0.05, 0) is 35.8 Å². The molecule has 0 aliphatic heterocycles. The van der Waals surface area contributed by atoms with Crippen LogP contribution in [0.4, 0.5) is 0 Å². The molecule has 0 unspecified atom stereocenters. The van der Waals surface area contributed by atoms with Gasteiger partial charge in [-0.25, -0.2) is 4.52 Å². The van der Waals surface area contributed by atoms with E-state index in [0.717, 1.165) is 4.47 Å². The van der Waals surface area contributed by atoms with Crippen molar-refractivity contribution in [3.63, 3.8) is 0 Å². The lowest BCUT2D eigenvalue weighted by molar-refractivity contribution is 0.226. The third-order valence-corrected chi connectivity index (χ3v) is 3.17. The number of pyridine rings is 1. The number of halogens is 1. The smallest absolute Gasteiger partial charge is 0.138 e. The van der Waals surface area contributed by atoms with Gasteiger partial charge >= 0.3 is 0 Å². The molecular weight excluding hydrogens is 308 g/mol. The van der Waals surface area contributed by atoms with Gasteiger partial charge in [0.1, 0.15) is 18.4 Å². The highest BCUT2D eigenvalue weighted by Crippen LogP contribution is 2.27. The van der Waals surface area contributed by atoms with Crippen molar-refractivity contribution < 1.29 is 4.74 Å². The molecule has 2 aromatic rings. The topological polar surface area (TPSA) is 74.1 Å². The Kier molecular flexibility index (Phi) is 3.46. The lowest BCUT2D eigenvalue weighted by atomic mass is 9.98. The van der Waals surface area contributed by atoms with E-state index >= 15 is 0 Å². The molecule has 0 spiro atoms. The van der Waals surface area contributed by atoms with E-state index in [1.807, 2.05) is 13.8 Å². The maximum Gasteiger partial charge on any atom is 0.138 e. The van der Waals surface area contributed by atoms with E-state index in [1.54, 1.807) is 16.8 Å². The number of aromatic nitrogens is 2. The molecule has 0 saturated carbocycles. The van der Waals surface area contributed by atoms with E-state index < -0.39 is 5.41 Å². The van der Waals surface area contributed by atoms with Crippen LogP contribution in [0.3, 0.4) is 0 Å². The van der Waals surface area contributed by atoms with Crippen molar-refractivity contribution >= 4 is 21.4 Å². The molecule has 6 heteroatoms. The van der Waals surface area contributed by atoms with Gasteiger partial charge in [0.2, 0.25) is 0 Å². The molecule has 0 atom stereocenters. The van der Waals surface area contributed by atoms with E-state index in [1.165, 1.54) is 6.20 Å². The summed E-state index contributed by atoms with van der Waals surface area (Å²) in [7, 11) is 0. The lowest BCUT2D eigenvalue weighted by Gasteiger charge is -2.16. The van der Waals surface area contributed by atoms with Crippen LogP contribution in [-0.4, -0.2) is 16.2 Å². The fraction of sp³-hybridized carbons (Fsp3) is 0.308. The van der Waals surface area contributed by atoms with Gasteiger partial charge in [0.15, 0.2) is 0 Å². The quantitative estimate of drug-likeness (QED) is 0.872. The Morgan fingerprint density at radius 3 is 2.84 bits per heavy atom. The zero-order valence-corrected chi connectivity index (χ0v) is 12.1. The molecule has 0 fully saturated rings. The molecule has 2 heterocycles. The second kappa shape index (κ2) is 4.91. The van der Waals surface area contributed by atoms with E-state index in [-0.39, 0.29) is 6.61 Å². The van der Waals surface area contributed by atoms with Crippen LogP contribution in [0.5, 0.6) is 5.75 Å². The first kappa shape index (κ1) is 13.4. The maximum atomic E-state index is 8.97. The molecule has 0 amide bonds. The number of nitrogens with zero attached hydrogens (tertiary/aromatic N) is 4. The van der Waals surface area contributed by atoms with Gasteiger partial charge in [0.25, 0.3) is 0 Å². The summed E-state index contributed by atoms with van der Waals surface area (Å²) in [6, 6.07) is 6.02. The molecule has 0 aliphatic rings. The monoisotopic (exact) mass is 318 g/mol. The first-order valence-electron chi connectivity index (χ1n) is 5.58. The first-order valence-corrected chi connectivity index (χ1v) is 6.37. The van der Waals surface area contributed by atoms with Crippen LogP contribution >= 0.6 is 15.9 Å². The van der Waals surface area contributed by atoms with Crippen LogP contribution in [0.25, 0.3) is 5.52 Å². The molecule has 0 aliphatic carbocycles. The summed E-state index contributed by atoms with van der Waals surface area (Å²) < 4.78 is 7.91. The van der Waals surface area contributed by atoms with Crippen LogP contribution in [0.2, 0.25) is 0 Å². The Morgan fingerprint density at radius 1 is 1.47 bits per heavy atom. The standard InChI is InChI=1S/C13H11BrN4O/c1-13(2,7-16)8-19-10-3-11(14)12-9(4-15)5-17-18(12)6-10/h3,5-6H,8H2,1-2H3. The summed E-state index contributed by atoms with van der Waals surface area (Å²) >= 11 is 3.40. The molecule has 0 aromatic carbocycles. The van der Waals surface area contributed by atoms with Crippen LogP contribution < -0.4 is 4.74 Å². The van der Waals surface area contributed by atoms with E-state index in [9.17, 15) is 0 Å². The first-order chi connectivity index (χ1) is 8.96. The fourth-order valence-corrected chi connectivity index (χ4v) is 2.13. The van der Waals surface area contributed by atoms with Gasteiger partial charge in [0, 0.05) is 4.47 Å². The Hall–Kier alpha value is -2.05. The molecule has 19 heavy (non-hydrogen) atoms. The second-order valence-electron chi connectivity index (χ2n) is 4.77. The minimum Gasteiger partial charge on any atom is -0.490 e. The van der Waals surface area contributed by atoms with Crippen molar-refractivity contribution in [1.29, 1.82) is 10.5 Å². The van der Waals surface area contributed by atoms with Crippen molar-refractivity contribution in [3.8, 4) is 17.9 Å². The Morgan fingerprint density at radius 2 is 2.21 bits per heavy atom. The minimum atomic E-state index is -0.552. The van der Waals surface area contributed by atoms with Crippen molar-refractivity contribution in [2.45, 2.75) is 13.8 Å². The normalized spacial score (nSPS) is 11.0. The largest absolute Gasteiger partial charge is 0.490 e. The zero-order chi connectivity index (χ0) is 14.0. The van der Waals surface area contributed by atoms with Crippen molar-refractivity contribution in [2.75, 3.05) is 6.61 Å². The molecule has 0 saturated heterocycles. The van der Waals surface area contributed by atoms with Gasteiger partial charge in [-0.2, -0.15) is 15.6 Å². The highest BCUT2D eigenvalue weighted by Gasteiger charge is 2.18. The average molecular weight is 319 g/mol. The number of fused-ring (bicyclic) bond motifs is 1. The molecule has 0 N–H and O–H groups in total. The SMILES string of the molecule is CC(C)(C#N)COc1cc(Br)c2c(C#N)cnn2c1. The predicted molar refractivity (Wildman–Crippen MR) is 72.5 cm³/mol. The van der Waals surface area contributed by atoms with Gasteiger partial charge in [0.05, 0.1) is 35.0 Å². The van der Waals surface area contributed by atoms with E-state index in [2.05, 4.69) is 33.2 Å². The number of ether oxygens (including phenoxy) is 1. The van der Waals surface area contributed by atoms with Gasteiger partial charge in [-0.15, -0.1) is 0 Å². The summed E-state index contributed by atoms with van der Waals surface area (Å²) in [6.07, 6.45) is 3.19. The Labute approximate surface area is 119 Å². The van der Waals surface area contributed by atoms with Gasteiger partial charge < -0.3 is 4.74 Å². The Bertz CT molecular complexity index is 706. The third-order valence-electron chi connectivity index (χ3n) is 2.56. The number of hydrogen-bond acceptors (Lipinski definition) is 4. The van der Waals surface area contributed by atoms with Crippen LogP contribution in [-0.2, 0) is 0 Å². The fourth-order valence-electron chi connectivity index (χ4n) is 1.51. The van der Waals surface area contributed by atoms with Gasteiger partial charge in [-0.1, -0.05) is 0 Å². The van der Waals surface area contributed by atoms with E-state index in [4.69, 9.17) is 15.3 Å². The molecule has 2 aromatic heterocycles. The van der Waals surface area contributed by atoms with Crippen molar-refractivity contribution in [2.24, 2.45) is 5.41 Å². The molecule has 5 nitrogen and oxygen atoms in total. The summed E-state index contributed by atoms with van der Waals surface area (Å²) in [6.45, 7) is 3.90. The molecule has 2 rings (SSSR count). The van der Waals surface area contributed by atoms with E-state index in [0.29, 0.717) is 16.8 Å². The highest BCUT2D eigenvalue weighted by molar-refractivity contribution is 9.10. The lowest BCUT2D eigenvalue weighted by Crippen LogP contribution is -2.19. The summed E-state index contributed by atoms with van der Waals surface area (Å²) in [5, 5.41) is 22.0.